The smallest absolute Gasteiger partial charge is 0.378 e. The summed E-state index contributed by atoms with van der Waals surface area (Å²) in [4.78, 5) is 21.4. The molecule has 0 fully saturated rings. The first-order valence-corrected chi connectivity index (χ1v) is 13.0. The van der Waals surface area contributed by atoms with E-state index in [0.717, 1.165) is 16.4 Å². The van der Waals surface area contributed by atoms with Crippen molar-refractivity contribution in [3.05, 3.63) is 59.8 Å². The Kier molecular flexibility index (Phi) is 8.92. The van der Waals surface area contributed by atoms with E-state index < -0.39 is 24.1 Å². The van der Waals surface area contributed by atoms with Gasteiger partial charge >= 0.3 is 6.18 Å². The van der Waals surface area contributed by atoms with Crippen LogP contribution >= 0.6 is 0 Å². The Morgan fingerprint density at radius 3 is 2.66 bits per heavy atom. The van der Waals surface area contributed by atoms with Crippen molar-refractivity contribution in [2.45, 2.75) is 45.5 Å². The third-order valence-corrected chi connectivity index (χ3v) is 6.05. The van der Waals surface area contributed by atoms with Crippen LogP contribution in [0.1, 0.15) is 42.4 Å². The van der Waals surface area contributed by atoms with E-state index in [2.05, 4.69) is 25.7 Å². The van der Waals surface area contributed by atoms with Gasteiger partial charge in [-0.1, -0.05) is 6.92 Å². The fraction of sp³-hybridized carbons (Fsp3) is 0.407. The zero-order valence-corrected chi connectivity index (χ0v) is 22.9. The maximum absolute atomic E-state index is 13.7. The van der Waals surface area contributed by atoms with E-state index in [1.165, 1.54) is 23.0 Å². The highest BCUT2D eigenvalue weighted by molar-refractivity contribution is 5.96. The number of ether oxygens (including phenoxy) is 1. The van der Waals surface area contributed by atoms with Gasteiger partial charge < -0.3 is 21.1 Å². The van der Waals surface area contributed by atoms with Gasteiger partial charge in [0.25, 0.3) is 5.91 Å². The van der Waals surface area contributed by atoms with Crippen LogP contribution < -0.4 is 16.4 Å². The van der Waals surface area contributed by atoms with Crippen LogP contribution in [0.4, 0.5) is 29.1 Å². The molecule has 10 nitrogen and oxygen atoms in total. The Hall–Kier alpha value is -4.04. The normalized spacial score (nSPS) is 12.2. The number of benzene rings is 1. The van der Waals surface area contributed by atoms with Gasteiger partial charge in [-0.05, 0) is 44.0 Å². The molecule has 3 aromatic heterocycles. The summed E-state index contributed by atoms with van der Waals surface area (Å²) < 4.78 is 61.8. The topological polar surface area (TPSA) is 124 Å². The van der Waals surface area contributed by atoms with Gasteiger partial charge in [-0.2, -0.15) is 18.3 Å². The number of anilines is 2. The standard InChI is InChI=1S/C27H32F4N8O2/c1-4-17-13-18(5-6-19(17)25(40)34-9-12-41-16-26(2,3)32)36-23-24-35-14-21(39(24)11-8-33-23)20-15-38(10-7-28)37-22(20)27(29,30)31/h5-6,8,11,13-15H,4,7,9-10,12,16,32H2,1-3H3,(H,33,36)(H,34,40). The molecule has 4 rings (SSSR count). The highest BCUT2D eigenvalue weighted by Crippen LogP contribution is 2.37. The van der Waals surface area contributed by atoms with Gasteiger partial charge in [0.1, 0.15) is 6.67 Å². The SMILES string of the molecule is CCc1cc(Nc2nccn3c(-c4cn(CCF)nc4C(F)(F)F)cnc23)ccc1C(=O)NCCOCC(C)(C)N. The molecule has 0 aliphatic rings. The molecule has 14 heteroatoms. The predicted octanol–water partition coefficient (Wildman–Crippen LogP) is 4.37. The number of nitrogens with zero attached hydrogens (tertiary/aromatic N) is 5. The average molecular weight is 577 g/mol. The van der Waals surface area contributed by atoms with Gasteiger partial charge in [0.2, 0.25) is 0 Å². The van der Waals surface area contributed by atoms with Crippen molar-refractivity contribution in [1.82, 2.24) is 29.5 Å². The molecular formula is C27H32F4N8O2. The number of alkyl halides is 4. The van der Waals surface area contributed by atoms with Crippen molar-refractivity contribution in [2.75, 3.05) is 31.7 Å². The number of carbonyl (C=O) groups is 1. The number of halogens is 4. The lowest BCUT2D eigenvalue weighted by Crippen LogP contribution is -2.38. The summed E-state index contributed by atoms with van der Waals surface area (Å²) in [5, 5.41) is 9.52. The number of hydrogen-bond donors (Lipinski definition) is 3. The minimum Gasteiger partial charge on any atom is -0.378 e. The molecule has 220 valence electrons. The maximum atomic E-state index is 13.7. The van der Waals surface area contributed by atoms with Crippen LogP contribution in [0.5, 0.6) is 0 Å². The second kappa shape index (κ2) is 12.2. The molecule has 0 aliphatic heterocycles. The van der Waals surface area contributed by atoms with Crippen LogP contribution in [0.25, 0.3) is 16.9 Å². The number of fused-ring (bicyclic) bond motifs is 1. The predicted molar refractivity (Wildman–Crippen MR) is 146 cm³/mol. The molecule has 0 unspecified atom stereocenters. The quantitative estimate of drug-likeness (QED) is 0.169. The van der Waals surface area contributed by atoms with Crippen molar-refractivity contribution in [1.29, 1.82) is 0 Å². The molecule has 3 heterocycles. The molecule has 4 N–H and O–H groups in total. The summed E-state index contributed by atoms with van der Waals surface area (Å²) in [6, 6.07) is 5.20. The number of nitrogens with two attached hydrogens (primary N) is 1. The van der Waals surface area contributed by atoms with E-state index in [4.69, 9.17) is 10.5 Å². The zero-order valence-electron chi connectivity index (χ0n) is 22.9. The van der Waals surface area contributed by atoms with Gasteiger partial charge in [0.15, 0.2) is 17.2 Å². The molecule has 1 amide bonds. The second-order valence-electron chi connectivity index (χ2n) is 10.1. The summed E-state index contributed by atoms with van der Waals surface area (Å²) in [7, 11) is 0. The number of aryl methyl sites for hydroxylation is 2. The van der Waals surface area contributed by atoms with E-state index >= 15 is 0 Å². The van der Waals surface area contributed by atoms with Gasteiger partial charge in [-0.15, -0.1) is 0 Å². The van der Waals surface area contributed by atoms with Crippen LogP contribution in [0.2, 0.25) is 0 Å². The monoisotopic (exact) mass is 576 g/mol. The minimum atomic E-state index is -4.74. The molecule has 0 radical (unpaired) electrons. The number of imidazole rings is 1. The number of carbonyl (C=O) groups excluding carboxylic acids is 1. The lowest BCUT2D eigenvalue weighted by atomic mass is 10.0. The third kappa shape index (κ3) is 7.19. The maximum Gasteiger partial charge on any atom is 0.435 e. The second-order valence-corrected chi connectivity index (χ2v) is 10.1. The highest BCUT2D eigenvalue weighted by Gasteiger charge is 2.38. The molecule has 0 spiro atoms. The Morgan fingerprint density at radius 1 is 1.20 bits per heavy atom. The Labute approximate surface area is 233 Å². The molecule has 0 atom stereocenters. The first-order chi connectivity index (χ1) is 19.4. The number of rotatable bonds is 12. The highest BCUT2D eigenvalue weighted by atomic mass is 19.4. The van der Waals surface area contributed by atoms with Crippen LogP contribution in [-0.4, -0.2) is 62.0 Å². The van der Waals surface area contributed by atoms with Gasteiger partial charge in [-0.25, -0.2) is 14.4 Å². The molecule has 0 saturated heterocycles. The Morgan fingerprint density at radius 2 is 1.98 bits per heavy atom. The molecule has 0 aliphatic carbocycles. The Bertz CT molecular complexity index is 1510. The van der Waals surface area contributed by atoms with Gasteiger partial charge in [0.05, 0.1) is 37.2 Å². The van der Waals surface area contributed by atoms with E-state index in [0.29, 0.717) is 43.2 Å². The van der Waals surface area contributed by atoms with Crippen LogP contribution in [0.3, 0.4) is 0 Å². The number of nitrogens with one attached hydrogen (secondary N) is 2. The molecule has 0 saturated carbocycles. The lowest BCUT2D eigenvalue weighted by Gasteiger charge is -2.18. The van der Waals surface area contributed by atoms with Gasteiger partial charge in [-0.3, -0.25) is 13.9 Å². The van der Waals surface area contributed by atoms with E-state index in [-0.39, 0.29) is 29.4 Å². The zero-order chi connectivity index (χ0) is 29.8. The largest absolute Gasteiger partial charge is 0.435 e. The first kappa shape index (κ1) is 29.9. The first-order valence-electron chi connectivity index (χ1n) is 13.0. The van der Waals surface area contributed by atoms with Crippen LogP contribution in [0.15, 0.2) is 43.0 Å². The fourth-order valence-electron chi connectivity index (χ4n) is 4.22. The average Bonchev–Trinajstić information content (AvgIpc) is 3.53. The van der Waals surface area contributed by atoms with Crippen molar-refractivity contribution < 1.29 is 27.1 Å². The minimum absolute atomic E-state index is 0.128. The van der Waals surface area contributed by atoms with Crippen molar-refractivity contribution >= 4 is 23.1 Å². The van der Waals surface area contributed by atoms with E-state index in [1.807, 2.05) is 20.8 Å². The van der Waals surface area contributed by atoms with E-state index in [1.54, 1.807) is 18.2 Å². The molecular weight excluding hydrogens is 544 g/mol. The summed E-state index contributed by atoms with van der Waals surface area (Å²) in [5.74, 6) is 0.0543. The summed E-state index contributed by atoms with van der Waals surface area (Å²) >= 11 is 0. The summed E-state index contributed by atoms with van der Waals surface area (Å²) in [6.07, 6.45) is 1.19. The van der Waals surface area contributed by atoms with E-state index in [9.17, 15) is 22.4 Å². The molecule has 41 heavy (non-hydrogen) atoms. The number of amides is 1. The molecule has 0 bridgehead atoms. The number of hydrogen-bond acceptors (Lipinski definition) is 7. The van der Waals surface area contributed by atoms with Crippen molar-refractivity contribution in [3.8, 4) is 11.3 Å². The van der Waals surface area contributed by atoms with Crippen LogP contribution in [0, 0.1) is 0 Å². The lowest BCUT2D eigenvalue weighted by molar-refractivity contribution is -0.141. The van der Waals surface area contributed by atoms with Gasteiger partial charge in [0, 0.05) is 41.9 Å². The summed E-state index contributed by atoms with van der Waals surface area (Å²) in [5.41, 5.74) is 6.38. The van der Waals surface area contributed by atoms with Crippen LogP contribution in [-0.2, 0) is 23.9 Å². The Balaban J connectivity index is 1.54. The third-order valence-electron chi connectivity index (χ3n) is 6.05. The van der Waals surface area contributed by atoms with Crippen molar-refractivity contribution in [3.63, 3.8) is 0 Å². The fourth-order valence-corrected chi connectivity index (χ4v) is 4.22. The molecule has 4 aromatic rings. The molecule has 1 aromatic carbocycles. The van der Waals surface area contributed by atoms with Crippen molar-refractivity contribution in [2.24, 2.45) is 5.73 Å². The summed E-state index contributed by atoms with van der Waals surface area (Å²) in [6.45, 7) is 5.49. The number of aromatic nitrogens is 5.